The summed E-state index contributed by atoms with van der Waals surface area (Å²) >= 11 is 5.81. The maximum absolute atomic E-state index is 8.60. The van der Waals surface area contributed by atoms with Crippen molar-refractivity contribution >= 4 is 28.5 Å². The van der Waals surface area contributed by atoms with Crippen molar-refractivity contribution in [3.8, 4) is 5.69 Å². The Morgan fingerprint density at radius 2 is 1.74 bits per heavy atom. The Bertz CT molecular complexity index is 1430. The average molecular weight is 464 g/mol. The predicted octanol–water partition coefficient (Wildman–Crippen LogP) is 6.41. The highest BCUT2D eigenvalue weighted by molar-refractivity contribution is 7.80. The van der Waals surface area contributed by atoms with Crippen LogP contribution < -0.4 is 0 Å². The van der Waals surface area contributed by atoms with E-state index in [1.807, 2.05) is 49.4 Å². The standard InChI is InChI=1S/C26H21N7S/c1-17-29-31-26-23(16-21(34)15-18-11-13-20(14-12-18)30-32-27)28-25(19-7-3-2-4-8-19)22-9-5-6-10-24(22)33(17)26/h2-14,23H,15-16H2,1H3. The number of benzene rings is 3. The predicted molar refractivity (Wildman–Crippen MR) is 137 cm³/mol. The van der Waals surface area contributed by atoms with Crippen LogP contribution in [0.4, 0.5) is 5.69 Å². The Hall–Kier alpha value is -4.13. The van der Waals surface area contributed by atoms with Crippen molar-refractivity contribution in [2.24, 2.45) is 10.1 Å². The fourth-order valence-corrected chi connectivity index (χ4v) is 4.58. The van der Waals surface area contributed by atoms with Crippen molar-refractivity contribution in [1.29, 1.82) is 0 Å². The lowest BCUT2D eigenvalue weighted by molar-refractivity contribution is 0.684. The highest BCUT2D eigenvalue weighted by atomic mass is 32.1. The molecule has 166 valence electrons. The topological polar surface area (TPSA) is 91.8 Å². The van der Waals surface area contributed by atoms with Crippen LogP contribution in [-0.4, -0.2) is 25.3 Å². The van der Waals surface area contributed by atoms with Gasteiger partial charge in [0, 0.05) is 34.6 Å². The molecule has 1 unspecified atom stereocenters. The van der Waals surface area contributed by atoms with E-state index in [1.165, 1.54) is 0 Å². The molecule has 2 heterocycles. The highest BCUT2D eigenvalue weighted by Gasteiger charge is 2.28. The van der Waals surface area contributed by atoms with Gasteiger partial charge in [-0.05, 0) is 28.9 Å². The molecule has 1 aliphatic heterocycles. The number of hydrogen-bond donors (Lipinski definition) is 0. The molecule has 0 amide bonds. The molecule has 3 aromatic carbocycles. The summed E-state index contributed by atoms with van der Waals surface area (Å²) in [5, 5.41) is 12.5. The highest BCUT2D eigenvalue weighted by Crippen LogP contribution is 2.33. The van der Waals surface area contributed by atoms with Gasteiger partial charge < -0.3 is 0 Å². The van der Waals surface area contributed by atoms with Gasteiger partial charge in [0.2, 0.25) is 0 Å². The Morgan fingerprint density at radius 3 is 2.50 bits per heavy atom. The van der Waals surface area contributed by atoms with Gasteiger partial charge in [0.1, 0.15) is 11.9 Å². The lowest BCUT2D eigenvalue weighted by Gasteiger charge is -2.13. The summed E-state index contributed by atoms with van der Waals surface area (Å²) in [7, 11) is 0. The van der Waals surface area contributed by atoms with Crippen molar-refractivity contribution in [2.75, 3.05) is 0 Å². The number of rotatable bonds is 6. The molecule has 0 N–H and O–H groups in total. The SMILES string of the molecule is Cc1nnc2n1-c1ccccc1C(c1ccccc1)=NC2CC(=S)Cc1ccc(N=[N+]=[N-])cc1. The van der Waals surface area contributed by atoms with Gasteiger partial charge in [0.15, 0.2) is 5.82 Å². The number of hydrogen-bond acceptors (Lipinski definition) is 5. The third-order valence-electron chi connectivity index (χ3n) is 5.80. The van der Waals surface area contributed by atoms with Gasteiger partial charge >= 0.3 is 0 Å². The molecule has 0 spiro atoms. The average Bonchev–Trinajstić information content (AvgIpc) is 3.18. The van der Waals surface area contributed by atoms with Crippen LogP contribution in [0.15, 0.2) is 89.0 Å². The van der Waals surface area contributed by atoms with E-state index in [0.717, 1.165) is 44.6 Å². The summed E-state index contributed by atoms with van der Waals surface area (Å²) in [6.07, 6.45) is 1.19. The van der Waals surface area contributed by atoms with Crippen LogP contribution >= 0.6 is 12.2 Å². The Balaban J connectivity index is 1.53. The first kappa shape index (κ1) is 21.7. The summed E-state index contributed by atoms with van der Waals surface area (Å²) in [4.78, 5) is 8.91. The molecule has 1 aromatic heterocycles. The molecule has 4 aromatic rings. The van der Waals surface area contributed by atoms with Gasteiger partial charge in [0.05, 0.1) is 11.4 Å². The largest absolute Gasteiger partial charge is 0.281 e. The lowest BCUT2D eigenvalue weighted by Crippen LogP contribution is -2.11. The molecule has 5 rings (SSSR count). The second-order valence-electron chi connectivity index (χ2n) is 8.09. The smallest absolute Gasteiger partial charge is 0.162 e. The van der Waals surface area contributed by atoms with Crippen LogP contribution in [0.1, 0.15) is 40.8 Å². The third-order valence-corrected chi connectivity index (χ3v) is 6.11. The zero-order valence-electron chi connectivity index (χ0n) is 18.5. The Morgan fingerprint density at radius 1 is 1.00 bits per heavy atom. The second kappa shape index (κ2) is 9.39. The van der Waals surface area contributed by atoms with Crippen LogP contribution in [0.25, 0.3) is 16.1 Å². The van der Waals surface area contributed by atoms with Crippen molar-refractivity contribution in [3.63, 3.8) is 0 Å². The quantitative estimate of drug-likeness (QED) is 0.143. The molecule has 1 aliphatic rings. The number of para-hydroxylation sites is 1. The molecular formula is C26H21N7S. The molecule has 34 heavy (non-hydrogen) atoms. The van der Waals surface area contributed by atoms with Crippen LogP contribution in [0.3, 0.4) is 0 Å². The minimum atomic E-state index is -0.265. The van der Waals surface area contributed by atoms with E-state index in [2.05, 4.69) is 49.1 Å². The van der Waals surface area contributed by atoms with Gasteiger partial charge in [0.25, 0.3) is 0 Å². The van der Waals surface area contributed by atoms with E-state index in [9.17, 15) is 0 Å². The molecule has 0 saturated heterocycles. The lowest BCUT2D eigenvalue weighted by atomic mass is 10.00. The molecule has 0 fully saturated rings. The van der Waals surface area contributed by atoms with Gasteiger partial charge in [-0.25, -0.2) is 0 Å². The van der Waals surface area contributed by atoms with Gasteiger partial charge in [-0.2, -0.15) is 0 Å². The van der Waals surface area contributed by atoms with Crippen LogP contribution in [-0.2, 0) is 6.42 Å². The molecule has 1 atom stereocenters. The summed E-state index contributed by atoms with van der Waals surface area (Å²) < 4.78 is 2.09. The molecule has 8 heteroatoms. The fraction of sp³-hybridized carbons (Fsp3) is 0.154. The van der Waals surface area contributed by atoms with Crippen molar-refractivity contribution in [2.45, 2.75) is 25.8 Å². The van der Waals surface area contributed by atoms with Crippen LogP contribution in [0.2, 0.25) is 0 Å². The van der Waals surface area contributed by atoms with E-state index in [1.54, 1.807) is 12.1 Å². The maximum Gasteiger partial charge on any atom is 0.162 e. The Labute approximate surface area is 202 Å². The number of aliphatic imine (C=N–C) groups is 1. The third kappa shape index (κ3) is 4.24. The number of azide groups is 1. The van der Waals surface area contributed by atoms with Gasteiger partial charge in [-0.15, -0.1) is 10.2 Å². The van der Waals surface area contributed by atoms with Crippen LogP contribution in [0.5, 0.6) is 0 Å². The van der Waals surface area contributed by atoms with E-state index >= 15 is 0 Å². The second-order valence-corrected chi connectivity index (χ2v) is 8.67. The number of thiocarbonyl (C=S) groups is 1. The first-order valence-electron chi connectivity index (χ1n) is 10.9. The molecule has 0 aliphatic carbocycles. The number of nitrogens with zero attached hydrogens (tertiary/aromatic N) is 7. The molecule has 7 nitrogen and oxygen atoms in total. The summed E-state index contributed by atoms with van der Waals surface area (Å²) in [5.41, 5.74) is 14.3. The van der Waals surface area contributed by atoms with Gasteiger partial charge in [-0.1, -0.05) is 90.1 Å². The zero-order valence-corrected chi connectivity index (χ0v) is 19.4. The number of fused-ring (bicyclic) bond motifs is 3. The fourth-order valence-electron chi connectivity index (χ4n) is 4.25. The maximum atomic E-state index is 8.60. The summed E-state index contributed by atoms with van der Waals surface area (Å²) in [6.45, 7) is 1.96. The van der Waals surface area contributed by atoms with Crippen molar-refractivity contribution in [3.05, 3.63) is 118 Å². The minimum absolute atomic E-state index is 0.265. The molecule has 0 radical (unpaired) electrons. The first-order valence-corrected chi connectivity index (χ1v) is 11.4. The molecular weight excluding hydrogens is 442 g/mol. The first-order chi connectivity index (χ1) is 16.6. The van der Waals surface area contributed by atoms with Crippen molar-refractivity contribution < 1.29 is 0 Å². The van der Waals surface area contributed by atoms with E-state index in [-0.39, 0.29) is 6.04 Å². The molecule has 0 saturated carbocycles. The van der Waals surface area contributed by atoms with Crippen molar-refractivity contribution in [1.82, 2.24) is 14.8 Å². The summed E-state index contributed by atoms with van der Waals surface area (Å²) in [5.74, 6) is 1.61. The van der Waals surface area contributed by atoms with E-state index < -0.39 is 0 Å². The van der Waals surface area contributed by atoms with Crippen LogP contribution in [0, 0.1) is 6.92 Å². The monoisotopic (exact) mass is 463 g/mol. The van der Waals surface area contributed by atoms with E-state index in [0.29, 0.717) is 18.5 Å². The summed E-state index contributed by atoms with van der Waals surface area (Å²) in [6, 6.07) is 25.6. The zero-order chi connectivity index (χ0) is 23.5. The number of aromatic nitrogens is 3. The Kier molecular flexibility index (Phi) is 5.99. The number of aryl methyl sites for hydroxylation is 1. The molecule has 0 bridgehead atoms. The van der Waals surface area contributed by atoms with E-state index in [4.69, 9.17) is 22.7 Å². The minimum Gasteiger partial charge on any atom is -0.281 e. The normalized spacial score (nSPS) is 14.3. The van der Waals surface area contributed by atoms with Gasteiger partial charge in [-0.3, -0.25) is 9.56 Å².